The van der Waals surface area contributed by atoms with Gasteiger partial charge in [0.2, 0.25) is 10.0 Å². The summed E-state index contributed by atoms with van der Waals surface area (Å²) < 4.78 is 26.4. The van der Waals surface area contributed by atoms with Gasteiger partial charge in [-0.05, 0) is 29.5 Å². The minimum atomic E-state index is -3.25. The van der Waals surface area contributed by atoms with Crippen molar-refractivity contribution in [3.05, 3.63) is 35.4 Å². The lowest BCUT2D eigenvalue weighted by Gasteiger charge is -2.17. The standard InChI is InChI=1S/C16H23NO3S/c1-16(2,3)10-12-21(19,20)17-13-15-8-6-14(7-9-15)5-4-11-18/h6-9,17-18H,10-13H2,1-3H3. The third-order valence-electron chi connectivity index (χ3n) is 2.88. The molecule has 0 aromatic heterocycles. The number of sulfonamides is 1. The Bertz CT molecular complexity index is 602. The Kier molecular flexibility index (Phi) is 6.41. The second-order valence-electron chi connectivity index (χ2n) is 6.11. The van der Waals surface area contributed by atoms with Gasteiger partial charge in [0.1, 0.15) is 6.61 Å². The molecular formula is C16H23NO3S. The van der Waals surface area contributed by atoms with E-state index in [-0.39, 0.29) is 24.3 Å². The molecule has 0 radical (unpaired) electrons. The van der Waals surface area contributed by atoms with E-state index in [1.807, 2.05) is 32.9 Å². The van der Waals surface area contributed by atoms with Crippen molar-refractivity contribution >= 4 is 10.0 Å². The molecule has 1 aromatic rings. The summed E-state index contributed by atoms with van der Waals surface area (Å²) in [6.07, 6.45) is 0.623. The van der Waals surface area contributed by atoms with Gasteiger partial charge in [0.05, 0.1) is 5.75 Å². The molecule has 1 rings (SSSR count). The van der Waals surface area contributed by atoms with Crippen LogP contribution in [-0.2, 0) is 16.6 Å². The highest BCUT2D eigenvalue weighted by Crippen LogP contribution is 2.19. The summed E-state index contributed by atoms with van der Waals surface area (Å²) in [6, 6.07) is 7.27. The van der Waals surface area contributed by atoms with Crippen molar-refractivity contribution in [3.8, 4) is 11.8 Å². The van der Waals surface area contributed by atoms with E-state index in [1.54, 1.807) is 12.1 Å². The first-order valence-corrected chi connectivity index (χ1v) is 8.53. The smallest absolute Gasteiger partial charge is 0.211 e. The van der Waals surface area contributed by atoms with Crippen LogP contribution in [0.2, 0.25) is 0 Å². The molecule has 5 heteroatoms. The Morgan fingerprint density at radius 2 is 1.81 bits per heavy atom. The Morgan fingerprint density at radius 1 is 1.19 bits per heavy atom. The van der Waals surface area contributed by atoms with Crippen molar-refractivity contribution in [1.29, 1.82) is 0 Å². The van der Waals surface area contributed by atoms with Gasteiger partial charge in [-0.15, -0.1) is 0 Å². The average molecular weight is 309 g/mol. The first-order valence-electron chi connectivity index (χ1n) is 6.88. The largest absolute Gasteiger partial charge is 0.384 e. The molecule has 21 heavy (non-hydrogen) atoms. The number of hydrogen-bond donors (Lipinski definition) is 2. The van der Waals surface area contributed by atoms with Crippen LogP contribution in [0.15, 0.2) is 24.3 Å². The molecule has 0 atom stereocenters. The van der Waals surface area contributed by atoms with Crippen molar-refractivity contribution in [2.24, 2.45) is 5.41 Å². The number of rotatable bonds is 5. The minimum Gasteiger partial charge on any atom is -0.384 e. The highest BCUT2D eigenvalue weighted by Gasteiger charge is 2.16. The molecule has 0 heterocycles. The van der Waals surface area contributed by atoms with Crippen LogP contribution in [0.5, 0.6) is 0 Å². The lowest BCUT2D eigenvalue weighted by atomic mass is 9.94. The van der Waals surface area contributed by atoms with E-state index in [0.29, 0.717) is 6.42 Å². The number of hydrogen-bond acceptors (Lipinski definition) is 3. The predicted octanol–water partition coefficient (Wildman–Crippen LogP) is 1.89. The quantitative estimate of drug-likeness (QED) is 0.816. The first-order chi connectivity index (χ1) is 9.72. The Labute approximate surface area is 127 Å². The highest BCUT2D eigenvalue weighted by molar-refractivity contribution is 7.89. The Balaban J connectivity index is 2.54. The molecule has 0 saturated carbocycles. The van der Waals surface area contributed by atoms with Crippen molar-refractivity contribution in [3.63, 3.8) is 0 Å². The van der Waals surface area contributed by atoms with Crippen molar-refractivity contribution < 1.29 is 13.5 Å². The average Bonchev–Trinajstić information content (AvgIpc) is 2.41. The second kappa shape index (κ2) is 7.60. The van der Waals surface area contributed by atoms with Gasteiger partial charge in [0.25, 0.3) is 0 Å². The van der Waals surface area contributed by atoms with E-state index >= 15 is 0 Å². The molecule has 0 aliphatic rings. The predicted molar refractivity (Wildman–Crippen MR) is 85.1 cm³/mol. The van der Waals surface area contributed by atoms with Gasteiger partial charge < -0.3 is 5.11 Å². The molecule has 0 fully saturated rings. The monoisotopic (exact) mass is 309 g/mol. The lowest BCUT2D eigenvalue weighted by Crippen LogP contribution is -2.28. The number of benzene rings is 1. The van der Waals surface area contributed by atoms with Crippen LogP contribution in [-0.4, -0.2) is 25.9 Å². The van der Waals surface area contributed by atoms with Gasteiger partial charge in [-0.3, -0.25) is 0 Å². The van der Waals surface area contributed by atoms with Gasteiger partial charge in [-0.1, -0.05) is 44.7 Å². The Hall–Kier alpha value is -1.35. The van der Waals surface area contributed by atoms with E-state index in [2.05, 4.69) is 16.6 Å². The molecule has 0 bridgehead atoms. The fraction of sp³-hybridized carbons (Fsp3) is 0.500. The molecule has 116 valence electrons. The molecule has 0 aliphatic carbocycles. The molecule has 0 unspecified atom stereocenters. The molecule has 0 saturated heterocycles. The normalized spacial score (nSPS) is 11.8. The number of aliphatic hydroxyl groups excluding tert-OH is 1. The number of nitrogens with one attached hydrogen (secondary N) is 1. The molecule has 0 amide bonds. The summed E-state index contributed by atoms with van der Waals surface area (Å²) in [5.41, 5.74) is 1.68. The zero-order valence-electron chi connectivity index (χ0n) is 12.8. The summed E-state index contributed by atoms with van der Waals surface area (Å²) >= 11 is 0. The van der Waals surface area contributed by atoms with Crippen molar-refractivity contribution in [2.45, 2.75) is 33.7 Å². The topological polar surface area (TPSA) is 66.4 Å². The maximum Gasteiger partial charge on any atom is 0.211 e. The van der Waals surface area contributed by atoms with Gasteiger partial charge >= 0.3 is 0 Å². The summed E-state index contributed by atoms with van der Waals surface area (Å²) in [6.45, 7) is 6.17. The molecular weight excluding hydrogens is 286 g/mol. The maximum atomic E-state index is 11.9. The van der Waals surface area contributed by atoms with E-state index in [0.717, 1.165) is 11.1 Å². The summed E-state index contributed by atoms with van der Waals surface area (Å²) in [7, 11) is -3.25. The second-order valence-corrected chi connectivity index (χ2v) is 8.03. The van der Waals surface area contributed by atoms with E-state index in [1.165, 1.54) is 0 Å². The van der Waals surface area contributed by atoms with Gasteiger partial charge in [0, 0.05) is 12.1 Å². The van der Waals surface area contributed by atoms with Crippen molar-refractivity contribution in [2.75, 3.05) is 12.4 Å². The van der Waals surface area contributed by atoms with Gasteiger partial charge in [-0.2, -0.15) is 0 Å². The van der Waals surface area contributed by atoms with Crippen LogP contribution >= 0.6 is 0 Å². The zero-order valence-corrected chi connectivity index (χ0v) is 13.6. The van der Waals surface area contributed by atoms with Gasteiger partial charge in [-0.25, -0.2) is 13.1 Å². The van der Waals surface area contributed by atoms with E-state index < -0.39 is 10.0 Å². The third-order valence-corrected chi connectivity index (χ3v) is 4.21. The molecule has 1 aromatic carbocycles. The van der Waals surface area contributed by atoms with Crippen molar-refractivity contribution in [1.82, 2.24) is 4.72 Å². The van der Waals surface area contributed by atoms with Crippen LogP contribution in [0.4, 0.5) is 0 Å². The summed E-state index contributed by atoms with van der Waals surface area (Å²) in [4.78, 5) is 0. The highest BCUT2D eigenvalue weighted by atomic mass is 32.2. The van der Waals surface area contributed by atoms with Crippen LogP contribution in [0.25, 0.3) is 0 Å². The van der Waals surface area contributed by atoms with E-state index in [9.17, 15) is 8.42 Å². The SMILES string of the molecule is CC(C)(C)CCS(=O)(=O)NCc1ccc(C#CCO)cc1. The molecule has 0 aliphatic heterocycles. The molecule has 2 N–H and O–H groups in total. The fourth-order valence-corrected chi connectivity index (χ4v) is 2.97. The summed E-state index contributed by atoms with van der Waals surface area (Å²) in [5.74, 6) is 5.49. The van der Waals surface area contributed by atoms with Gasteiger partial charge in [0.15, 0.2) is 0 Å². The van der Waals surface area contributed by atoms with Crippen LogP contribution in [0.3, 0.4) is 0 Å². The maximum absolute atomic E-state index is 11.9. The van der Waals surface area contributed by atoms with Crippen LogP contribution < -0.4 is 4.72 Å². The first kappa shape index (κ1) is 17.7. The fourth-order valence-electron chi connectivity index (χ4n) is 1.55. The molecule has 4 nitrogen and oxygen atoms in total. The summed E-state index contributed by atoms with van der Waals surface area (Å²) in [5, 5.41) is 8.61. The minimum absolute atomic E-state index is 0.00176. The number of aliphatic hydroxyl groups is 1. The Morgan fingerprint density at radius 3 is 2.33 bits per heavy atom. The lowest BCUT2D eigenvalue weighted by molar-refractivity contribution is 0.350. The third kappa shape index (κ3) is 7.86. The van der Waals surface area contributed by atoms with Crippen LogP contribution in [0, 0.1) is 17.3 Å². The van der Waals surface area contributed by atoms with Crippen LogP contribution in [0.1, 0.15) is 38.3 Å². The zero-order chi connectivity index (χ0) is 15.9. The van der Waals surface area contributed by atoms with E-state index in [4.69, 9.17) is 5.11 Å². The molecule has 0 spiro atoms.